The van der Waals surface area contributed by atoms with Gasteiger partial charge in [0.25, 0.3) is 0 Å². The minimum atomic E-state index is -0.772. The van der Waals surface area contributed by atoms with Gasteiger partial charge < -0.3 is 10.6 Å². The van der Waals surface area contributed by atoms with E-state index in [0.29, 0.717) is 13.0 Å². The van der Waals surface area contributed by atoms with Crippen molar-refractivity contribution in [3.8, 4) is 0 Å². The summed E-state index contributed by atoms with van der Waals surface area (Å²) in [6, 6.07) is 10.1. The van der Waals surface area contributed by atoms with Crippen LogP contribution in [-0.2, 0) is 5.54 Å². The second-order valence-electron chi connectivity index (χ2n) is 4.13. The molecular formula is C12H17FN2. The van der Waals surface area contributed by atoms with Crippen molar-refractivity contribution in [3.63, 3.8) is 0 Å². The Balaban J connectivity index is 2.28. The number of rotatable bonds is 2. The number of hydrogen-bond acceptors (Lipinski definition) is 2. The molecule has 0 bridgehead atoms. The molecule has 1 aliphatic heterocycles. The fourth-order valence-corrected chi connectivity index (χ4v) is 2.28. The molecule has 0 saturated carbocycles. The molecule has 0 spiro atoms. The molecule has 2 nitrogen and oxygen atoms in total. The third-order valence-corrected chi connectivity index (χ3v) is 3.17. The van der Waals surface area contributed by atoms with Gasteiger partial charge in [-0.05, 0) is 12.6 Å². The van der Waals surface area contributed by atoms with Crippen molar-refractivity contribution in [2.24, 2.45) is 0 Å². The van der Waals surface area contributed by atoms with Crippen molar-refractivity contribution in [1.82, 2.24) is 10.6 Å². The van der Waals surface area contributed by atoms with E-state index in [2.05, 4.69) is 22.8 Å². The molecule has 0 aromatic heterocycles. The van der Waals surface area contributed by atoms with Crippen LogP contribution in [0.4, 0.5) is 4.39 Å². The molecule has 1 heterocycles. The van der Waals surface area contributed by atoms with Crippen LogP contribution in [0, 0.1) is 0 Å². The van der Waals surface area contributed by atoms with Crippen molar-refractivity contribution in [2.75, 3.05) is 20.1 Å². The molecule has 0 radical (unpaired) electrons. The maximum Gasteiger partial charge on any atom is 0.115 e. The van der Waals surface area contributed by atoms with E-state index in [1.54, 1.807) is 0 Å². The Morgan fingerprint density at radius 1 is 1.40 bits per heavy atom. The normalized spacial score (nSPS) is 31.5. The highest BCUT2D eigenvalue weighted by molar-refractivity contribution is 5.26. The van der Waals surface area contributed by atoms with E-state index in [-0.39, 0.29) is 5.54 Å². The summed E-state index contributed by atoms with van der Waals surface area (Å²) in [5.74, 6) is 0. The van der Waals surface area contributed by atoms with Gasteiger partial charge in [-0.1, -0.05) is 30.3 Å². The van der Waals surface area contributed by atoms with Crippen molar-refractivity contribution < 1.29 is 4.39 Å². The van der Waals surface area contributed by atoms with E-state index >= 15 is 0 Å². The molecular weight excluding hydrogens is 191 g/mol. The first-order chi connectivity index (χ1) is 7.27. The summed E-state index contributed by atoms with van der Waals surface area (Å²) in [5, 5.41) is 6.40. The van der Waals surface area contributed by atoms with Gasteiger partial charge in [0.05, 0.1) is 5.54 Å². The Labute approximate surface area is 89.9 Å². The molecule has 3 heteroatoms. The molecule has 1 saturated heterocycles. The lowest BCUT2D eigenvalue weighted by Crippen LogP contribution is -2.55. The molecule has 82 valence electrons. The number of alkyl halides is 1. The molecule has 0 aliphatic carbocycles. The predicted molar refractivity (Wildman–Crippen MR) is 59.6 cm³/mol. The van der Waals surface area contributed by atoms with Gasteiger partial charge in [0, 0.05) is 19.5 Å². The molecule has 1 aliphatic rings. The molecule has 15 heavy (non-hydrogen) atoms. The smallest absolute Gasteiger partial charge is 0.115 e. The van der Waals surface area contributed by atoms with E-state index in [1.807, 2.05) is 25.2 Å². The molecule has 2 rings (SSSR count). The van der Waals surface area contributed by atoms with Crippen LogP contribution in [0.2, 0.25) is 0 Å². The predicted octanol–water partition coefficient (Wildman–Crippen LogP) is 1.43. The summed E-state index contributed by atoms with van der Waals surface area (Å²) in [5.41, 5.74) is 0.904. The van der Waals surface area contributed by atoms with E-state index < -0.39 is 6.17 Å². The largest absolute Gasteiger partial charge is 0.312 e. The average Bonchev–Trinajstić information content (AvgIpc) is 2.30. The molecule has 2 atom stereocenters. The van der Waals surface area contributed by atoms with E-state index in [4.69, 9.17) is 0 Å². The number of halogens is 1. The molecule has 2 N–H and O–H groups in total. The van der Waals surface area contributed by atoms with Gasteiger partial charge in [-0.15, -0.1) is 0 Å². The summed E-state index contributed by atoms with van der Waals surface area (Å²) >= 11 is 0. The number of hydrogen-bond donors (Lipinski definition) is 2. The van der Waals surface area contributed by atoms with E-state index in [0.717, 1.165) is 12.1 Å². The standard InChI is InChI=1S/C12H17FN2/c1-14-12(7-11(13)8-15-9-12)10-5-3-2-4-6-10/h2-6,11,14-15H,7-9H2,1H3. The van der Waals surface area contributed by atoms with Crippen LogP contribution in [-0.4, -0.2) is 26.3 Å². The second-order valence-corrected chi connectivity index (χ2v) is 4.13. The zero-order chi connectivity index (χ0) is 10.7. The van der Waals surface area contributed by atoms with E-state index in [9.17, 15) is 4.39 Å². The van der Waals surface area contributed by atoms with Crippen LogP contribution in [0.3, 0.4) is 0 Å². The molecule has 0 amide bonds. The third kappa shape index (κ3) is 2.03. The number of piperidine rings is 1. The fourth-order valence-electron chi connectivity index (χ4n) is 2.28. The van der Waals surface area contributed by atoms with Crippen LogP contribution in [0.1, 0.15) is 12.0 Å². The topological polar surface area (TPSA) is 24.1 Å². The Morgan fingerprint density at radius 3 is 2.73 bits per heavy atom. The quantitative estimate of drug-likeness (QED) is 0.768. The highest BCUT2D eigenvalue weighted by atomic mass is 19.1. The lowest BCUT2D eigenvalue weighted by atomic mass is 9.82. The summed E-state index contributed by atoms with van der Waals surface area (Å²) in [6.07, 6.45) is -0.230. The molecule has 1 aromatic rings. The summed E-state index contributed by atoms with van der Waals surface area (Å²) in [6.45, 7) is 1.25. The van der Waals surface area contributed by atoms with Crippen LogP contribution in [0.5, 0.6) is 0 Å². The first-order valence-corrected chi connectivity index (χ1v) is 5.36. The van der Waals surface area contributed by atoms with Gasteiger partial charge in [-0.2, -0.15) is 0 Å². The van der Waals surface area contributed by atoms with E-state index in [1.165, 1.54) is 0 Å². The van der Waals surface area contributed by atoms with Crippen molar-refractivity contribution in [3.05, 3.63) is 35.9 Å². The van der Waals surface area contributed by atoms with Crippen molar-refractivity contribution in [2.45, 2.75) is 18.1 Å². The SMILES string of the molecule is CNC1(c2ccccc2)CNCC(F)C1. The first kappa shape index (κ1) is 10.6. The summed E-state index contributed by atoms with van der Waals surface area (Å²) < 4.78 is 13.4. The van der Waals surface area contributed by atoms with Gasteiger partial charge in [0.15, 0.2) is 0 Å². The number of likely N-dealkylation sites (N-methyl/N-ethyl adjacent to an activating group) is 1. The maximum absolute atomic E-state index is 13.4. The van der Waals surface area contributed by atoms with Gasteiger partial charge in [-0.3, -0.25) is 0 Å². The molecule has 1 aromatic carbocycles. The van der Waals surface area contributed by atoms with Gasteiger partial charge in [0.2, 0.25) is 0 Å². The van der Waals surface area contributed by atoms with Crippen molar-refractivity contribution in [1.29, 1.82) is 0 Å². The summed E-state index contributed by atoms with van der Waals surface area (Å²) in [4.78, 5) is 0. The maximum atomic E-state index is 13.4. The minimum Gasteiger partial charge on any atom is -0.312 e. The van der Waals surface area contributed by atoms with Crippen LogP contribution in [0.25, 0.3) is 0 Å². The third-order valence-electron chi connectivity index (χ3n) is 3.17. The Morgan fingerprint density at radius 2 is 2.13 bits per heavy atom. The van der Waals surface area contributed by atoms with Crippen molar-refractivity contribution >= 4 is 0 Å². The Hall–Kier alpha value is -0.930. The highest BCUT2D eigenvalue weighted by Crippen LogP contribution is 2.29. The highest BCUT2D eigenvalue weighted by Gasteiger charge is 2.36. The molecule has 2 unspecified atom stereocenters. The number of nitrogens with one attached hydrogen (secondary N) is 2. The van der Waals surface area contributed by atoms with Crippen LogP contribution in [0.15, 0.2) is 30.3 Å². The van der Waals surface area contributed by atoms with Gasteiger partial charge in [-0.25, -0.2) is 4.39 Å². The average molecular weight is 208 g/mol. The Bertz CT molecular complexity index is 315. The lowest BCUT2D eigenvalue weighted by Gasteiger charge is -2.39. The zero-order valence-corrected chi connectivity index (χ0v) is 8.96. The fraction of sp³-hybridized carbons (Fsp3) is 0.500. The second kappa shape index (κ2) is 4.29. The Kier molecular flexibility index (Phi) is 3.03. The van der Waals surface area contributed by atoms with Gasteiger partial charge in [0.1, 0.15) is 6.17 Å². The monoisotopic (exact) mass is 208 g/mol. The first-order valence-electron chi connectivity index (χ1n) is 5.36. The zero-order valence-electron chi connectivity index (χ0n) is 8.96. The van der Waals surface area contributed by atoms with Crippen LogP contribution < -0.4 is 10.6 Å². The van der Waals surface area contributed by atoms with Crippen LogP contribution >= 0.6 is 0 Å². The van der Waals surface area contributed by atoms with Gasteiger partial charge >= 0.3 is 0 Å². The summed E-state index contributed by atoms with van der Waals surface area (Å²) in [7, 11) is 1.90. The minimum absolute atomic E-state index is 0.251. The lowest BCUT2D eigenvalue weighted by molar-refractivity contribution is 0.164. The number of benzene rings is 1. The molecule has 1 fully saturated rings.